The van der Waals surface area contributed by atoms with Crippen molar-refractivity contribution in [3.8, 4) is 16.5 Å². The number of benzene rings is 1. The Morgan fingerprint density at radius 1 is 1.27 bits per heavy atom. The first-order chi connectivity index (χ1) is 10.7. The van der Waals surface area contributed by atoms with Gasteiger partial charge in [0.2, 0.25) is 0 Å². The predicted octanol–water partition coefficient (Wildman–Crippen LogP) is 4.92. The average molecular weight is 325 g/mol. The molecule has 5 heteroatoms. The Balaban J connectivity index is 2.02. The molecule has 0 amide bonds. The third-order valence-corrected chi connectivity index (χ3v) is 5.55. The van der Waals surface area contributed by atoms with E-state index in [9.17, 15) is 0 Å². The summed E-state index contributed by atoms with van der Waals surface area (Å²) in [7, 11) is 0. The van der Waals surface area contributed by atoms with Crippen molar-refractivity contribution in [2.45, 2.75) is 18.9 Å². The number of fused-ring (bicyclic) bond motifs is 1. The summed E-state index contributed by atoms with van der Waals surface area (Å²) in [6.45, 7) is 3.85. The fraction of sp³-hybridized carbons (Fsp3) is 0.235. The highest BCUT2D eigenvalue weighted by molar-refractivity contribution is 7.99. The number of hydrogen-bond acceptors (Lipinski definition) is 5. The molecule has 0 saturated carbocycles. The summed E-state index contributed by atoms with van der Waals surface area (Å²) in [5.41, 5.74) is 1.20. The summed E-state index contributed by atoms with van der Waals surface area (Å²) < 4.78 is 0. The third-order valence-electron chi connectivity index (χ3n) is 3.22. The molecule has 0 aliphatic heterocycles. The van der Waals surface area contributed by atoms with E-state index in [-0.39, 0.29) is 5.92 Å². The Morgan fingerprint density at radius 2 is 2.05 bits per heavy atom. The molecule has 3 nitrogen and oxygen atoms in total. The molecule has 0 radical (unpaired) electrons. The lowest BCUT2D eigenvalue weighted by Crippen LogP contribution is -1.96. The quantitative estimate of drug-likeness (QED) is 0.505. The van der Waals surface area contributed by atoms with E-state index in [1.807, 2.05) is 32.0 Å². The topological polar surface area (TPSA) is 49.6 Å². The van der Waals surface area contributed by atoms with Crippen molar-refractivity contribution in [2.24, 2.45) is 5.92 Å². The summed E-state index contributed by atoms with van der Waals surface area (Å²) in [4.78, 5) is 11.3. The molecule has 3 aromatic rings. The minimum absolute atomic E-state index is 0.0163. The summed E-state index contributed by atoms with van der Waals surface area (Å²) in [5.74, 6) is 1.54. The third kappa shape index (κ3) is 3.13. The second-order valence-electron chi connectivity index (χ2n) is 5.11. The summed E-state index contributed by atoms with van der Waals surface area (Å²) in [6.07, 6.45) is 0. The van der Waals surface area contributed by atoms with Gasteiger partial charge in [0.25, 0.3) is 0 Å². The van der Waals surface area contributed by atoms with Gasteiger partial charge in [0.15, 0.2) is 0 Å². The smallest absolute Gasteiger partial charge is 0.128 e. The van der Waals surface area contributed by atoms with E-state index in [0.29, 0.717) is 0 Å². The second-order valence-corrected chi connectivity index (χ2v) is 7.15. The molecule has 0 aliphatic rings. The number of nitriles is 1. The summed E-state index contributed by atoms with van der Waals surface area (Å²) in [5, 5.41) is 11.0. The fourth-order valence-corrected chi connectivity index (χ4v) is 4.23. The van der Waals surface area contributed by atoms with Gasteiger partial charge >= 0.3 is 0 Å². The van der Waals surface area contributed by atoms with Crippen LogP contribution in [0.15, 0.2) is 41.4 Å². The van der Waals surface area contributed by atoms with E-state index >= 15 is 0 Å². The number of thiophene rings is 1. The lowest BCUT2D eigenvalue weighted by atomic mass is 10.2. The maximum Gasteiger partial charge on any atom is 0.128 e. The van der Waals surface area contributed by atoms with Gasteiger partial charge in [-0.3, -0.25) is 0 Å². The standard InChI is InChI=1S/C17H15N3S2/c1-11(9-18)10-21-16-14-8-15(13-6-4-3-5-7-13)22-17(14)20-12(2)19-16/h3-8,11H,10H2,1-2H3/t11-/m1/s1. The molecule has 2 heterocycles. The molecule has 0 saturated heterocycles. The first-order valence-corrected chi connectivity index (χ1v) is 8.83. The van der Waals surface area contributed by atoms with Gasteiger partial charge in [0.05, 0.1) is 12.0 Å². The number of thioether (sulfide) groups is 1. The molecule has 1 atom stereocenters. The lowest BCUT2D eigenvalue weighted by molar-refractivity contribution is 0.861. The Hall–Kier alpha value is -1.90. The van der Waals surface area contributed by atoms with Crippen LogP contribution in [0.4, 0.5) is 0 Å². The SMILES string of the molecule is Cc1nc(SC[C@H](C)C#N)c2cc(-c3ccccc3)sc2n1. The Kier molecular flexibility index (Phi) is 4.41. The minimum Gasteiger partial charge on any atom is -0.226 e. The van der Waals surface area contributed by atoms with E-state index in [1.54, 1.807) is 23.1 Å². The van der Waals surface area contributed by atoms with Crippen LogP contribution in [-0.4, -0.2) is 15.7 Å². The number of rotatable bonds is 4. The molecule has 110 valence electrons. The zero-order valence-corrected chi connectivity index (χ0v) is 14.0. The molecule has 1 aromatic carbocycles. The van der Waals surface area contributed by atoms with Crippen molar-refractivity contribution >= 4 is 33.3 Å². The first-order valence-electron chi connectivity index (χ1n) is 7.03. The van der Waals surface area contributed by atoms with Crippen molar-refractivity contribution in [2.75, 3.05) is 5.75 Å². The van der Waals surface area contributed by atoms with Crippen LogP contribution >= 0.6 is 23.1 Å². The maximum absolute atomic E-state index is 8.94. The second kappa shape index (κ2) is 6.47. The number of aromatic nitrogens is 2. The molecular weight excluding hydrogens is 310 g/mol. The molecule has 0 fully saturated rings. The molecule has 0 spiro atoms. The van der Waals surface area contributed by atoms with Gasteiger partial charge in [-0.15, -0.1) is 23.1 Å². The van der Waals surface area contributed by atoms with Gasteiger partial charge in [0.1, 0.15) is 15.7 Å². The monoisotopic (exact) mass is 325 g/mol. The molecule has 0 bridgehead atoms. The Labute approximate surface area is 138 Å². The molecule has 0 N–H and O–H groups in total. The van der Waals surface area contributed by atoms with Crippen LogP contribution in [0.1, 0.15) is 12.7 Å². The van der Waals surface area contributed by atoms with E-state index in [0.717, 1.165) is 26.8 Å². The minimum atomic E-state index is 0.0163. The van der Waals surface area contributed by atoms with E-state index in [2.05, 4.69) is 34.2 Å². The van der Waals surface area contributed by atoms with Crippen molar-refractivity contribution in [1.82, 2.24) is 9.97 Å². The molecule has 0 aliphatic carbocycles. The van der Waals surface area contributed by atoms with Gasteiger partial charge < -0.3 is 0 Å². The number of aryl methyl sites for hydroxylation is 1. The largest absolute Gasteiger partial charge is 0.226 e. The Morgan fingerprint density at radius 3 is 2.77 bits per heavy atom. The van der Waals surface area contributed by atoms with Crippen LogP contribution in [0, 0.1) is 24.2 Å². The maximum atomic E-state index is 8.94. The van der Waals surface area contributed by atoms with Crippen LogP contribution < -0.4 is 0 Å². The highest BCUT2D eigenvalue weighted by Crippen LogP contribution is 2.36. The van der Waals surface area contributed by atoms with E-state index < -0.39 is 0 Å². The van der Waals surface area contributed by atoms with Gasteiger partial charge in [-0.2, -0.15) is 5.26 Å². The molecule has 0 unspecified atom stereocenters. The molecule has 3 rings (SSSR count). The summed E-state index contributed by atoms with van der Waals surface area (Å²) in [6, 6.07) is 14.7. The summed E-state index contributed by atoms with van der Waals surface area (Å²) >= 11 is 3.33. The van der Waals surface area contributed by atoms with Crippen LogP contribution in [0.25, 0.3) is 20.7 Å². The van der Waals surface area contributed by atoms with Crippen molar-refractivity contribution in [3.63, 3.8) is 0 Å². The number of hydrogen-bond donors (Lipinski definition) is 0. The van der Waals surface area contributed by atoms with Crippen LogP contribution in [0.5, 0.6) is 0 Å². The van der Waals surface area contributed by atoms with Crippen LogP contribution in [-0.2, 0) is 0 Å². The van der Waals surface area contributed by atoms with Crippen molar-refractivity contribution < 1.29 is 0 Å². The number of nitrogens with zero attached hydrogens (tertiary/aromatic N) is 3. The highest BCUT2D eigenvalue weighted by atomic mass is 32.2. The fourth-order valence-electron chi connectivity index (χ4n) is 2.09. The zero-order chi connectivity index (χ0) is 15.5. The van der Waals surface area contributed by atoms with Gasteiger partial charge in [-0.25, -0.2) is 9.97 Å². The van der Waals surface area contributed by atoms with E-state index in [4.69, 9.17) is 5.26 Å². The molecular formula is C17H15N3S2. The van der Waals surface area contributed by atoms with Crippen molar-refractivity contribution in [3.05, 3.63) is 42.2 Å². The highest BCUT2D eigenvalue weighted by Gasteiger charge is 2.13. The van der Waals surface area contributed by atoms with Gasteiger partial charge in [0, 0.05) is 16.0 Å². The van der Waals surface area contributed by atoms with Crippen LogP contribution in [0.2, 0.25) is 0 Å². The van der Waals surface area contributed by atoms with E-state index in [1.165, 1.54) is 10.4 Å². The average Bonchev–Trinajstić information content (AvgIpc) is 2.97. The molecule has 2 aromatic heterocycles. The molecule has 22 heavy (non-hydrogen) atoms. The lowest BCUT2D eigenvalue weighted by Gasteiger charge is -2.04. The van der Waals surface area contributed by atoms with Crippen LogP contribution in [0.3, 0.4) is 0 Å². The van der Waals surface area contributed by atoms with Gasteiger partial charge in [-0.05, 0) is 25.5 Å². The zero-order valence-electron chi connectivity index (χ0n) is 12.4. The Bertz CT molecular complexity index is 834. The van der Waals surface area contributed by atoms with Crippen molar-refractivity contribution in [1.29, 1.82) is 5.26 Å². The van der Waals surface area contributed by atoms with Gasteiger partial charge in [-0.1, -0.05) is 30.3 Å². The predicted molar refractivity (Wildman–Crippen MR) is 93.1 cm³/mol. The first kappa shape index (κ1) is 15.0. The normalized spacial score (nSPS) is 12.2.